The Labute approximate surface area is 120 Å². The third kappa shape index (κ3) is 2.06. The minimum Gasteiger partial charge on any atom is -0.496 e. The van der Waals surface area contributed by atoms with Crippen LogP contribution in [0.25, 0.3) is 21.8 Å². The molecule has 5 heteroatoms. The molecule has 0 spiro atoms. The van der Waals surface area contributed by atoms with Crippen LogP contribution in [-0.2, 0) is 0 Å². The van der Waals surface area contributed by atoms with E-state index >= 15 is 0 Å². The molecule has 2 heterocycles. The van der Waals surface area contributed by atoms with Gasteiger partial charge in [-0.1, -0.05) is 22.9 Å². The molecule has 0 bridgehead atoms. The van der Waals surface area contributed by atoms with Gasteiger partial charge >= 0.3 is 0 Å². The van der Waals surface area contributed by atoms with Crippen molar-refractivity contribution in [2.45, 2.75) is 6.92 Å². The number of nitrogens with two attached hydrogens (primary N) is 1. The van der Waals surface area contributed by atoms with Crippen molar-refractivity contribution < 1.29 is 9.26 Å². The lowest BCUT2D eigenvalue weighted by atomic mass is 10.0. The maximum Gasteiger partial charge on any atom is 0.181 e. The molecule has 0 unspecified atom stereocenters. The highest BCUT2D eigenvalue weighted by molar-refractivity contribution is 7.13. The number of ether oxygens (including phenoxy) is 1. The van der Waals surface area contributed by atoms with Gasteiger partial charge in [-0.2, -0.15) is 0 Å². The molecule has 0 amide bonds. The van der Waals surface area contributed by atoms with Crippen LogP contribution in [0, 0.1) is 6.92 Å². The summed E-state index contributed by atoms with van der Waals surface area (Å²) >= 11 is 1.60. The molecule has 3 aromatic rings. The number of benzene rings is 1. The zero-order valence-corrected chi connectivity index (χ0v) is 12.0. The average Bonchev–Trinajstić information content (AvgIpc) is 3.07. The summed E-state index contributed by atoms with van der Waals surface area (Å²) in [5.41, 5.74) is 8.76. The van der Waals surface area contributed by atoms with E-state index in [1.165, 1.54) is 0 Å². The van der Waals surface area contributed by atoms with Crippen molar-refractivity contribution in [1.29, 1.82) is 0 Å². The molecular weight excluding hydrogens is 272 g/mol. The summed E-state index contributed by atoms with van der Waals surface area (Å²) in [6.07, 6.45) is 0. The molecule has 0 saturated heterocycles. The fourth-order valence-electron chi connectivity index (χ4n) is 2.14. The Morgan fingerprint density at radius 2 is 2.15 bits per heavy atom. The van der Waals surface area contributed by atoms with Gasteiger partial charge in [-0.3, -0.25) is 0 Å². The highest BCUT2D eigenvalue weighted by Gasteiger charge is 2.21. The van der Waals surface area contributed by atoms with Crippen LogP contribution in [0.4, 0.5) is 5.82 Å². The highest BCUT2D eigenvalue weighted by atomic mass is 32.1. The standard InChI is InChI=1S/C15H14N2O2S/c1-9-5-6-11(18-2)10(8-9)14-13(15(16)17-19-14)12-4-3-7-20-12/h3-8H,1-2H3,(H2,16,17). The molecule has 0 saturated carbocycles. The Morgan fingerprint density at radius 1 is 1.30 bits per heavy atom. The number of methoxy groups -OCH3 is 1. The zero-order chi connectivity index (χ0) is 14.1. The topological polar surface area (TPSA) is 61.3 Å². The molecule has 0 fully saturated rings. The number of aromatic nitrogens is 1. The molecule has 20 heavy (non-hydrogen) atoms. The second kappa shape index (κ2) is 5.02. The van der Waals surface area contributed by atoms with Gasteiger partial charge in [0.05, 0.1) is 18.2 Å². The lowest BCUT2D eigenvalue weighted by molar-refractivity contribution is 0.407. The van der Waals surface area contributed by atoms with Crippen LogP contribution in [0.15, 0.2) is 40.2 Å². The van der Waals surface area contributed by atoms with Crippen molar-refractivity contribution in [2.75, 3.05) is 12.8 Å². The Balaban J connectivity index is 2.24. The predicted molar refractivity (Wildman–Crippen MR) is 81.0 cm³/mol. The number of aryl methyl sites for hydroxylation is 1. The molecule has 4 nitrogen and oxygen atoms in total. The van der Waals surface area contributed by atoms with Crippen molar-refractivity contribution in [3.63, 3.8) is 0 Å². The molecule has 0 atom stereocenters. The van der Waals surface area contributed by atoms with Crippen LogP contribution >= 0.6 is 11.3 Å². The first kappa shape index (κ1) is 12.7. The van der Waals surface area contributed by atoms with Gasteiger partial charge in [0, 0.05) is 4.88 Å². The number of hydrogen-bond donors (Lipinski definition) is 1. The van der Waals surface area contributed by atoms with Crippen molar-refractivity contribution in [3.05, 3.63) is 41.3 Å². The Bertz CT molecular complexity index is 732. The zero-order valence-electron chi connectivity index (χ0n) is 11.2. The van der Waals surface area contributed by atoms with Crippen LogP contribution in [0.1, 0.15) is 5.56 Å². The molecule has 0 aliphatic rings. The Hall–Kier alpha value is -2.27. The lowest BCUT2D eigenvalue weighted by Gasteiger charge is -2.08. The molecular formula is C15H14N2O2S. The first-order chi connectivity index (χ1) is 9.70. The van der Waals surface area contributed by atoms with E-state index in [4.69, 9.17) is 15.0 Å². The molecule has 0 aliphatic heterocycles. The molecule has 0 radical (unpaired) electrons. The second-order valence-corrected chi connectivity index (χ2v) is 5.40. The largest absolute Gasteiger partial charge is 0.496 e. The number of nitrogen functional groups attached to an aromatic ring is 1. The van der Waals surface area contributed by atoms with E-state index in [1.807, 2.05) is 42.6 Å². The van der Waals surface area contributed by atoms with Crippen molar-refractivity contribution in [3.8, 4) is 27.5 Å². The van der Waals surface area contributed by atoms with Crippen LogP contribution < -0.4 is 10.5 Å². The maximum absolute atomic E-state index is 5.96. The average molecular weight is 286 g/mol. The van der Waals surface area contributed by atoms with Gasteiger partial charge < -0.3 is 15.0 Å². The van der Waals surface area contributed by atoms with Gasteiger partial charge in [-0.05, 0) is 30.5 Å². The summed E-state index contributed by atoms with van der Waals surface area (Å²) in [6, 6.07) is 9.90. The molecule has 0 aliphatic carbocycles. The summed E-state index contributed by atoms with van der Waals surface area (Å²) in [7, 11) is 1.64. The minimum atomic E-state index is 0.394. The van der Waals surface area contributed by atoms with Gasteiger partial charge in [-0.25, -0.2) is 0 Å². The van der Waals surface area contributed by atoms with Gasteiger partial charge in [-0.15, -0.1) is 11.3 Å². The molecule has 1 aromatic carbocycles. The van der Waals surface area contributed by atoms with E-state index in [0.717, 1.165) is 27.3 Å². The number of anilines is 1. The summed E-state index contributed by atoms with van der Waals surface area (Å²) in [5.74, 6) is 1.78. The molecule has 3 rings (SSSR count). The SMILES string of the molecule is COc1ccc(C)cc1-c1onc(N)c1-c1cccs1. The van der Waals surface area contributed by atoms with Gasteiger partial charge in [0.1, 0.15) is 5.75 Å². The summed E-state index contributed by atoms with van der Waals surface area (Å²) in [5, 5.41) is 5.91. The summed E-state index contributed by atoms with van der Waals surface area (Å²) in [4.78, 5) is 1.03. The fraction of sp³-hybridized carbons (Fsp3) is 0.133. The number of hydrogen-bond acceptors (Lipinski definition) is 5. The van der Waals surface area contributed by atoms with E-state index in [9.17, 15) is 0 Å². The van der Waals surface area contributed by atoms with Crippen LogP contribution in [0.3, 0.4) is 0 Å². The van der Waals surface area contributed by atoms with Gasteiger partial charge in [0.2, 0.25) is 0 Å². The predicted octanol–water partition coefficient (Wildman–Crippen LogP) is 3.97. The monoisotopic (exact) mass is 286 g/mol. The fourth-order valence-corrected chi connectivity index (χ4v) is 2.92. The van der Waals surface area contributed by atoms with E-state index in [1.54, 1.807) is 18.4 Å². The summed E-state index contributed by atoms with van der Waals surface area (Å²) in [6.45, 7) is 2.02. The molecule has 2 aromatic heterocycles. The van der Waals surface area contributed by atoms with E-state index in [-0.39, 0.29) is 0 Å². The molecule has 2 N–H and O–H groups in total. The lowest BCUT2D eigenvalue weighted by Crippen LogP contribution is -1.90. The van der Waals surface area contributed by atoms with Crippen molar-refractivity contribution >= 4 is 17.2 Å². The Morgan fingerprint density at radius 3 is 2.85 bits per heavy atom. The number of rotatable bonds is 3. The number of nitrogens with zero attached hydrogens (tertiary/aromatic N) is 1. The van der Waals surface area contributed by atoms with E-state index in [0.29, 0.717) is 11.6 Å². The van der Waals surface area contributed by atoms with Crippen LogP contribution in [-0.4, -0.2) is 12.3 Å². The third-order valence-electron chi connectivity index (χ3n) is 3.09. The highest BCUT2D eigenvalue weighted by Crippen LogP contribution is 2.42. The normalized spacial score (nSPS) is 10.7. The van der Waals surface area contributed by atoms with Gasteiger partial charge in [0.25, 0.3) is 0 Å². The van der Waals surface area contributed by atoms with Gasteiger partial charge in [0.15, 0.2) is 11.6 Å². The first-order valence-electron chi connectivity index (χ1n) is 6.14. The van der Waals surface area contributed by atoms with Crippen molar-refractivity contribution in [1.82, 2.24) is 5.16 Å². The summed E-state index contributed by atoms with van der Waals surface area (Å²) < 4.78 is 10.9. The van der Waals surface area contributed by atoms with Crippen LogP contribution in [0.5, 0.6) is 5.75 Å². The first-order valence-corrected chi connectivity index (χ1v) is 7.02. The third-order valence-corrected chi connectivity index (χ3v) is 3.97. The second-order valence-electron chi connectivity index (χ2n) is 4.45. The minimum absolute atomic E-state index is 0.394. The smallest absolute Gasteiger partial charge is 0.181 e. The maximum atomic E-state index is 5.96. The van der Waals surface area contributed by atoms with Crippen LogP contribution in [0.2, 0.25) is 0 Å². The quantitative estimate of drug-likeness (QED) is 0.791. The van der Waals surface area contributed by atoms with E-state index < -0.39 is 0 Å². The number of thiophene rings is 1. The Kier molecular flexibility index (Phi) is 3.20. The van der Waals surface area contributed by atoms with Crippen molar-refractivity contribution in [2.24, 2.45) is 0 Å². The molecule has 102 valence electrons. The van der Waals surface area contributed by atoms with E-state index in [2.05, 4.69) is 5.16 Å².